The third-order valence-corrected chi connectivity index (χ3v) is 4.93. The van der Waals surface area contributed by atoms with E-state index in [1.54, 1.807) is 18.2 Å². The average Bonchev–Trinajstić information content (AvgIpc) is 3.10. The van der Waals surface area contributed by atoms with E-state index in [9.17, 15) is 9.59 Å². The lowest BCUT2D eigenvalue weighted by atomic mass is 10.1. The molecular formula is C21H22N4O2. The molecule has 0 radical (unpaired) electrons. The Morgan fingerprint density at radius 3 is 2.52 bits per heavy atom. The minimum atomic E-state index is -0.189. The van der Waals surface area contributed by atoms with E-state index in [4.69, 9.17) is 0 Å². The van der Waals surface area contributed by atoms with Crippen LogP contribution >= 0.6 is 0 Å². The molecule has 3 aromatic rings. The van der Waals surface area contributed by atoms with Crippen LogP contribution in [0.5, 0.6) is 0 Å². The molecule has 0 saturated carbocycles. The highest BCUT2D eigenvalue weighted by Crippen LogP contribution is 2.21. The van der Waals surface area contributed by atoms with Gasteiger partial charge in [0.2, 0.25) is 5.91 Å². The number of fused-ring (bicyclic) bond motifs is 2. The van der Waals surface area contributed by atoms with Gasteiger partial charge in [0.15, 0.2) is 0 Å². The Morgan fingerprint density at radius 1 is 1.04 bits per heavy atom. The fourth-order valence-corrected chi connectivity index (χ4v) is 3.52. The van der Waals surface area contributed by atoms with Crippen molar-refractivity contribution in [2.75, 3.05) is 13.1 Å². The normalized spacial score (nSPS) is 13.6. The topological polar surface area (TPSA) is 67.2 Å². The van der Waals surface area contributed by atoms with E-state index < -0.39 is 0 Å². The summed E-state index contributed by atoms with van der Waals surface area (Å²) in [6.45, 7) is 3.48. The van der Waals surface area contributed by atoms with E-state index >= 15 is 0 Å². The third kappa shape index (κ3) is 3.90. The molecular weight excluding hydrogens is 340 g/mol. The Hall–Kier alpha value is -2.99. The first-order valence-electron chi connectivity index (χ1n) is 9.21. The molecule has 6 heteroatoms. The van der Waals surface area contributed by atoms with Crippen LogP contribution in [-0.4, -0.2) is 33.4 Å². The Bertz CT molecular complexity index is 1000. The Labute approximate surface area is 157 Å². The molecule has 0 spiro atoms. The number of rotatable bonds is 6. The first-order chi connectivity index (χ1) is 13.2. The number of aromatic nitrogens is 2. The van der Waals surface area contributed by atoms with Crippen LogP contribution in [0.3, 0.4) is 0 Å². The van der Waals surface area contributed by atoms with Crippen molar-refractivity contribution in [3.8, 4) is 0 Å². The zero-order chi connectivity index (χ0) is 18.6. The minimum Gasteiger partial charge on any atom is -0.354 e. The van der Waals surface area contributed by atoms with Crippen LogP contribution in [0.25, 0.3) is 10.9 Å². The first kappa shape index (κ1) is 17.4. The van der Waals surface area contributed by atoms with Crippen LogP contribution in [0.4, 0.5) is 0 Å². The standard InChI is InChI=1S/C21H22N4O2/c26-20(14-25-15-23-19-9-4-3-8-18(19)21(25)27)22-10-5-11-24-12-16-6-1-2-7-17(16)13-24/h1-4,6-9,15H,5,10-14H2,(H,22,26). The van der Waals surface area contributed by atoms with Gasteiger partial charge in [0, 0.05) is 26.2 Å². The maximum atomic E-state index is 12.4. The second-order valence-electron chi connectivity index (χ2n) is 6.88. The van der Waals surface area contributed by atoms with Gasteiger partial charge in [0.05, 0.1) is 17.2 Å². The second-order valence-corrected chi connectivity index (χ2v) is 6.88. The maximum Gasteiger partial charge on any atom is 0.261 e. The van der Waals surface area contributed by atoms with Crippen LogP contribution in [0.1, 0.15) is 17.5 Å². The van der Waals surface area contributed by atoms with E-state index in [1.165, 1.54) is 22.0 Å². The van der Waals surface area contributed by atoms with Gasteiger partial charge in [0.25, 0.3) is 5.56 Å². The summed E-state index contributed by atoms with van der Waals surface area (Å²) in [6, 6.07) is 15.7. The molecule has 1 aliphatic heterocycles. The summed E-state index contributed by atoms with van der Waals surface area (Å²) in [7, 11) is 0. The van der Waals surface area contributed by atoms with Gasteiger partial charge in [-0.25, -0.2) is 4.98 Å². The van der Waals surface area contributed by atoms with Gasteiger partial charge in [-0.3, -0.25) is 19.1 Å². The number of nitrogens with one attached hydrogen (secondary N) is 1. The molecule has 0 atom stereocenters. The van der Waals surface area contributed by atoms with Gasteiger partial charge in [-0.2, -0.15) is 0 Å². The summed E-state index contributed by atoms with van der Waals surface area (Å²) < 4.78 is 1.36. The van der Waals surface area contributed by atoms with E-state index in [-0.39, 0.29) is 18.0 Å². The van der Waals surface area contributed by atoms with Crippen LogP contribution in [-0.2, 0) is 24.4 Å². The molecule has 138 valence electrons. The van der Waals surface area contributed by atoms with Gasteiger partial charge < -0.3 is 5.32 Å². The van der Waals surface area contributed by atoms with E-state index in [1.807, 2.05) is 6.07 Å². The number of benzene rings is 2. The number of nitrogens with zero attached hydrogens (tertiary/aromatic N) is 3. The highest BCUT2D eigenvalue weighted by molar-refractivity contribution is 5.78. The number of amides is 1. The van der Waals surface area contributed by atoms with Gasteiger partial charge in [0.1, 0.15) is 6.54 Å². The molecule has 1 N–H and O–H groups in total. The summed E-state index contributed by atoms with van der Waals surface area (Å²) in [6.07, 6.45) is 2.32. The number of hydrogen-bond acceptors (Lipinski definition) is 4. The SMILES string of the molecule is O=C(Cn1cnc2ccccc2c1=O)NCCCN1Cc2ccccc2C1. The fourth-order valence-electron chi connectivity index (χ4n) is 3.52. The molecule has 1 aromatic heterocycles. The summed E-state index contributed by atoms with van der Waals surface area (Å²) >= 11 is 0. The molecule has 0 fully saturated rings. The molecule has 4 rings (SSSR count). The molecule has 27 heavy (non-hydrogen) atoms. The van der Waals surface area contributed by atoms with Crippen LogP contribution in [0, 0.1) is 0 Å². The zero-order valence-electron chi connectivity index (χ0n) is 15.1. The van der Waals surface area contributed by atoms with Crippen LogP contribution in [0.2, 0.25) is 0 Å². The van der Waals surface area contributed by atoms with E-state index in [2.05, 4.69) is 39.5 Å². The predicted molar refractivity (Wildman–Crippen MR) is 104 cm³/mol. The summed E-state index contributed by atoms with van der Waals surface area (Å²) in [5, 5.41) is 3.43. The van der Waals surface area contributed by atoms with Crippen molar-refractivity contribution in [3.05, 3.63) is 76.3 Å². The van der Waals surface area contributed by atoms with Crippen molar-refractivity contribution in [2.45, 2.75) is 26.1 Å². The Morgan fingerprint density at radius 2 is 1.74 bits per heavy atom. The molecule has 0 aliphatic carbocycles. The smallest absolute Gasteiger partial charge is 0.261 e. The molecule has 2 heterocycles. The fraction of sp³-hybridized carbons (Fsp3) is 0.286. The highest BCUT2D eigenvalue weighted by Gasteiger charge is 2.17. The summed E-state index contributed by atoms with van der Waals surface area (Å²) in [5.74, 6) is -0.168. The Kier molecular flexibility index (Phi) is 4.98. The summed E-state index contributed by atoms with van der Waals surface area (Å²) in [4.78, 5) is 31.2. The largest absolute Gasteiger partial charge is 0.354 e. The molecule has 6 nitrogen and oxygen atoms in total. The van der Waals surface area contributed by atoms with E-state index in [0.717, 1.165) is 26.1 Å². The van der Waals surface area contributed by atoms with Gasteiger partial charge in [-0.15, -0.1) is 0 Å². The monoisotopic (exact) mass is 362 g/mol. The highest BCUT2D eigenvalue weighted by atomic mass is 16.2. The lowest BCUT2D eigenvalue weighted by molar-refractivity contribution is -0.121. The van der Waals surface area contributed by atoms with Gasteiger partial charge in [-0.05, 0) is 29.7 Å². The zero-order valence-corrected chi connectivity index (χ0v) is 15.1. The van der Waals surface area contributed by atoms with Crippen molar-refractivity contribution in [1.29, 1.82) is 0 Å². The lowest BCUT2D eigenvalue weighted by Gasteiger charge is -2.14. The van der Waals surface area contributed by atoms with Gasteiger partial charge >= 0.3 is 0 Å². The third-order valence-electron chi connectivity index (χ3n) is 4.93. The molecule has 0 unspecified atom stereocenters. The number of para-hydroxylation sites is 1. The lowest BCUT2D eigenvalue weighted by Crippen LogP contribution is -2.34. The minimum absolute atomic E-state index is 0.00811. The molecule has 0 bridgehead atoms. The first-order valence-corrected chi connectivity index (χ1v) is 9.21. The van der Waals surface area contributed by atoms with Crippen molar-refractivity contribution in [3.63, 3.8) is 0 Å². The van der Waals surface area contributed by atoms with Crippen molar-refractivity contribution >= 4 is 16.8 Å². The number of carbonyl (C=O) groups is 1. The van der Waals surface area contributed by atoms with Crippen molar-refractivity contribution in [2.24, 2.45) is 0 Å². The summed E-state index contributed by atoms with van der Waals surface area (Å²) in [5.41, 5.74) is 3.24. The Balaban J connectivity index is 1.25. The van der Waals surface area contributed by atoms with Crippen LogP contribution in [0.15, 0.2) is 59.7 Å². The predicted octanol–water partition coefficient (Wildman–Crippen LogP) is 1.92. The molecule has 1 amide bonds. The van der Waals surface area contributed by atoms with Gasteiger partial charge in [-0.1, -0.05) is 36.4 Å². The molecule has 2 aromatic carbocycles. The van der Waals surface area contributed by atoms with E-state index in [0.29, 0.717) is 17.4 Å². The van der Waals surface area contributed by atoms with Crippen molar-refractivity contribution in [1.82, 2.24) is 19.8 Å². The quantitative estimate of drug-likeness (QED) is 0.681. The van der Waals surface area contributed by atoms with Crippen LogP contribution < -0.4 is 10.9 Å². The molecule has 0 saturated heterocycles. The second kappa shape index (κ2) is 7.72. The molecule has 1 aliphatic rings. The number of carbonyl (C=O) groups excluding carboxylic acids is 1. The average molecular weight is 362 g/mol. The number of hydrogen-bond donors (Lipinski definition) is 1. The van der Waals surface area contributed by atoms with Crippen molar-refractivity contribution < 1.29 is 4.79 Å². The maximum absolute atomic E-state index is 12.4.